The molecular formula is C22H20ClFN4O5S2. The maximum absolute atomic E-state index is 15.1. The molecule has 3 aromatic rings. The molecule has 1 aliphatic heterocycles. The maximum atomic E-state index is 15.1. The van der Waals surface area contributed by atoms with Crippen molar-refractivity contribution in [2.45, 2.75) is 5.92 Å². The number of hydrogen-bond donors (Lipinski definition) is 3. The number of rotatable bonds is 7. The van der Waals surface area contributed by atoms with E-state index in [0.717, 1.165) is 18.6 Å². The third-order valence-electron chi connectivity index (χ3n) is 5.21. The molecule has 0 spiro atoms. The molecule has 2 heterocycles. The molecule has 0 saturated carbocycles. The van der Waals surface area contributed by atoms with Crippen molar-refractivity contribution in [3.8, 4) is 11.1 Å². The minimum atomic E-state index is -3.78. The van der Waals surface area contributed by atoms with Crippen molar-refractivity contribution in [1.29, 1.82) is 0 Å². The lowest BCUT2D eigenvalue weighted by molar-refractivity contribution is 0.0962. The van der Waals surface area contributed by atoms with Crippen LogP contribution >= 0.6 is 11.6 Å². The normalized spacial score (nSPS) is 15.3. The van der Waals surface area contributed by atoms with Gasteiger partial charge in [-0.1, -0.05) is 23.7 Å². The number of nitrogens with zero attached hydrogens (tertiary/aromatic N) is 1. The predicted molar refractivity (Wildman–Crippen MR) is 134 cm³/mol. The van der Waals surface area contributed by atoms with E-state index in [1.165, 1.54) is 6.07 Å². The largest absolute Gasteiger partial charge is 0.369 e. The van der Waals surface area contributed by atoms with E-state index >= 15 is 4.39 Å². The van der Waals surface area contributed by atoms with Crippen molar-refractivity contribution in [3.63, 3.8) is 0 Å². The summed E-state index contributed by atoms with van der Waals surface area (Å²) in [5, 5.41) is 2.86. The summed E-state index contributed by atoms with van der Waals surface area (Å²) in [6, 6.07) is 10.8. The van der Waals surface area contributed by atoms with E-state index in [2.05, 4.69) is 15.0 Å². The molecule has 0 saturated heterocycles. The van der Waals surface area contributed by atoms with E-state index in [-0.39, 0.29) is 17.3 Å². The number of carbonyl (C=O) groups excluding carboxylic acids is 1. The molecule has 4 rings (SSSR count). The van der Waals surface area contributed by atoms with Gasteiger partial charge in [-0.2, -0.15) is 0 Å². The van der Waals surface area contributed by atoms with Gasteiger partial charge in [-0.05, 0) is 35.9 Å². The van der Waals surface area contributed by atoms with Gasteiger partial charge in [0.1, 0.15) is 5.82 Å². The lowest BCUT2D eigenvalue weighted by atomic mass is 9.91. The number of fused-ring (bicyclic) bond motifs is 1. The van der Waals surface area contributed by atoms with E-state index in [4.69, 9.17) is 11.6 Å². The van der Waals surface area contributed by atoms with Crippen LogP contribution in [0, 0.1) is 5.82 Å². The SMILES string of the molecule is CS(=O)(=O)Nc1cccc(-c2cnc3c(c2)C(C(=O)c2c(Cl)ccc(NS(C)(=O)=O)c2F)CN3)c1. The second-order valence-corrected chi connectivity index (χ2v) is 12.0. The number of aromatic nitrogens is 1. The third kappa shape index (κ3) is 5.55. The summed E-state index contributed by atoms with van der Waals surface area (Å²) in [6.45, 7) is 0.139. The van der Waals surface area contributed by atoms with Gasteiger partial charge in [0.05, 0.1) is 34.7 Å². The standard InChI is InChI=1S/C22H20ClFN4O5S2/c1-34(30,31)27-14-5-3-4-12(8-14)13-9-15-16(11-26-22(15)25-10-13)21(29)19-17(23)6-7-18(20(19)24)28-35(2,32)33/h3-10,16,27-28H,11H2,1-2H3,(H,25,26). The zero-order valence-corrected chi connectivity index (χ0v) is 20.9. The third-order valence-corrected chi connectivity index (χ3v) is 6.73. The summed E-state index contributed by atoms with van der Waals surface area (Å²) in [5.74, 6) is -2.10. The van der Waals surface area contributed by atoms with Gasteiger partial charge in [0.25, 0.3) is 0 Å². The summed E-state index contributed by atoms with van der Waals surface area (Å²) in [4.78, 5) is 17.7. The molecule has 0 amide bonds. The lowest BCUT2D eigenvalue weighted by Gasteiger charge is -2.15. The second kappa shape index (κ2) is 9.10. The van der Waals surface area contributed by atoms with Crippen LogP contribution in [0.15, 0.2) is 48.7 Å². The average Bonchev–Trinajstić information content (AvgIpc) is 3.17. The van der Waals surface area contributed by atoms with Gasteiger partial charge < -0.3 is 5.32 Å². The molecule has 1 aliphatic rings. The molecule has 1 unspecified atom stereocenters. The fraction of sp³-hybridized carbons (Fsp3) is 0.182. The van der Waals surface area contributed by atoms with Crippen molar-refractivity contribution in [1.82, 2.24) is 4.98 Å². The van der Waals surface area contributed by atoms with Crippen LogP contribution in [0.1, 0.15) is 21.8 Å². The highest BCUT2D eigenvalue weighted by Gasteiger charge is 2.34. The number of nitrogens with one attached hydrogen (secondary N) is 3. The number of ketones is 1. The topological polar surface area (TPSA) is 134 Å². The van der Waals surface area contributed by atoms with Crippen molar-refractivity contribution < 1.29 is 26.0 Å². The number of halogens is 2. The minimum Gasteiger partial charge on any atom is -0.369 e. The summed E-state index contributed by atoms with van der Waals surface area (Å²) < 4.78 is 65.8. The highest BCUT2D eigenvalue weighted by Crippen LogP contribution is 2.38. The van der Waals surface area contributed by atoms with Gasteiger partial charge >= 0.3 is 0 Å². The fourth-order valence-electron chi connectivity index (χ4n) is 3.80. The van der Waals surface area contributed by atoms with Crippen LogP contribution in [-0.4, -0.2) is 46.7 Å². The molecule has 0 bridgehead atoms. The molecule has 13 heteroatoms. The average molecular weight is 539 g/mol. The number of carbonyl (C=O) groups is 1. The Morgan fingerprint density at radius 3 is 2.46 bits per heavy atom. The molecule has 0 aliphatic carbocycles. The first-order valence-electron chi connectivity index (χ1n) is 10.1. The first kappa shape index (κ1) is 24.9. The van der Waals surface area contributed by atoms with E-state index in [1.54, 1.807) is 36.5 Å². The molecular weight excluding hydrogens is 519 g/mol. The Bertz CT molecular complexity index is 1560. The summed E-state index contributed by atoms with van der Waals surface area (Å²) in [6.07, 6.45) is 3.49. The van der Waals surface area contributed by atoms with Crippen LogP contribution in [0.25, 0.3) is 11.1 Å². The zero-order valence-electron chi connectivity index (χ0n) is 18.5. The number of hydrogen-bond acceptors (Lipinski definition) is 7. The maximum Gasteiger partial charge on any atom is 0.229 e. The zero-order chi connectivity index (χ0) is 25.5. The van der Waals surface area contributed by atoms with Crippen LogP contribution in [0.3, 0.4) is 0 Å². The first-order chi connectivity index (χ1) is 16.3. The van der Waals surface area contributed by atoms with E-state index in [9.17, 15) is 21.6 Å². The molecule has 3 N–H and O–H groups in total. The Balaban J connectivity index is 1.71. The summed E-state index contributed by atoms with van der Waals surface area (Å²) in [5.41, 5.74) is 1.32. The van der Waals surface area contributed by atoms with Crippen LogP contribution in [0.2, 0.25) is 5.02 Å². The van der Waals surface area contributed by atoms with Crippen molar-refractivity contribution in [2.75, 3.05) is 33.8 Å². The highest BCUT2D eigenvalue weighted by molar-refractivity contribution is 7.92. The lowest BCUT2D eigenvalue weighted by Crippen LogP contribution is -2.19. The van der Waals surface area contributed by atoms with Crippen LogP contribution in [0.5, 0.6) is 0 Å². The monoisotopic (exact) mass is 538 g/mol. The molecule has 9 nitrogen and oxygen atoms in total. The Morgan fingerprint density at radius 1 is 1.06 bits per heavy atom. The molecule has 1 atom stereocenters. The Hall–Kier alpha value is -3.22. The summed E-state index contributed by atoms with van der Waals surface area (Å²) >= 11 is 6.14. The van der Waals surface area contributed by atoms with Gasteiger partial charge in [0, 0.05) is 29.6 Å². The van der Waals surface area contributed by atoms with Crippen molar-refractivity contribution >= 4 is 54.6 Å². The minimum absolute atomic E-state index is 0.139. The number of benzene rings is 2. The van der Waals surface area contributed by atoms with Gasteiger partial charge in [0.15, 0.2) is 11.6 Å². The van der Waals surface area contributed by atoms with Crippen LogP contribution < -0.4 is 14.8 Å². The Kier molecular flexibility index (Phi) is 6.47. The first-order valence-corrected chi connectivity index (χ1v) is 14.3. The van der Waals surface area contributed by atoms with Gasteiger partial charge in [-0.25, -0.2) is 26.2 Å². The summed E-state index contributed by atoms with van der Waals surface area (Å²) in [7, 11) is -7.25. The van der Waals surface area contributed by atoms with Crippen LogP contribution in [-0.2, 0) is 20.0 Å². The Morgan fingerprint density at radius 2 is 1.77 bits per heavy atom. The molecule has 0 fully saturated rings. The molecule has 1 aromatic heterocycles. The molecule has 184 valence electrons. The highest BCUT2D eigenvalue weighted by atomic mass is 35.5. The van der Waals surface area contributed by atoms with Gasteiger partial charge in [-0.15, -0.1) is 0 Å². The molecule has 35 heavy (non-hydrogen) atoms. The molecule has 2 aromatic carbocycles. The van der Waals surface area contributed by atoms with E-state index in [1.807, 2.05) is 4.72 Å². The van der Waals surface area contributed by atoms with Gasteiger partial charge in [0.2, 0.25) is 20.0 Å². The number of pyridine rings is 1. The fourth-order valence-corrected chi connectivity index (χ4v) is 5.15. The van der Waals surface area contributed by atoms with E-state index < -0.39 is 43.1 Å². The number of sulfonamides is 2. The Labute approximate surface area is 206 Å². The number of anilines is 3. The predicted octanol–water partition coefficient (Wildman–Crippen LogP) is 3.68. The second-order valence-electron chi connectivity index (χ2n) is 8.07. The molecule has 0 radical (unpaired) electrons. The van der Waals surface area contributed by atoms with Crippen molar-refractivity contribution in [3.05, 3.63) is 70.6 Å². The van der Waals surface area contributed by atoms with Crippen molar-refractivity contribution in [2.24, 2.45) is 0 Å². The van der Waals surface area contributed by atoms with Gasteiger partial charge in [-0.3, -0.25) is 14.2 Å². The quantitative estimate of drug-likeness (QED) is 0.391. The van der Waals surface area contributed by atoms with Crippen LogP contribution in [0.4, 0.5) is 21.6 Å². The smallest absolute Gasteiger partial charge is 0.229 e. The number of Topliss-reactive ketones (excluding diaryl/α,β-unsaturated/α-hetero) is 1. The van der Waals surface area contributed by atoms with E-state index in [0.29, 0.717) is 28.2 Å².